The Kier molecular flexibility index (Phi) is 7.58. The van der Waals surface area contributed by atoms with Gasteiger partial charge in [0.15, 0.2) is 0 Å². The number of hydrogen-bond donors (Lipinski definition) is 3. The predicted octanol–water partition coefficient (Wildman–Crippen LogP) is 3.69. The van der Waals surface area contributed by atoms with Crippen molar-refractivity contribution in [3.8, 4) is 22.9 Å². The molecule has 0 saturated heterocycles. The van der Waals surface area contributed by atoms with Crippen LogP contribution in [-0.4, -0.2) is 46.3 Å². The Bertz CT molecular complexity index is 2000. The summed E-state index contributed by atoms with van der Waals surface area (Å²) in [5.41, 5.74) is 8.23. The Balaban J connectivity index is 1.70. The summed E-state index contributed by atoms with van der Waals surface area (Å²) in [5, 5.41) is 13.1. The number of para-hydroxylation sites is 1. The van der Waals surface area contributed by atoms with Gasteiger partial charge in [-0.05, 0) is 48.4 Å². The first-order valence-electron chi connectivity index (χ1n) is 12.8. The van der Waals surface area contributed by atoms with Gasteiger partial charge in [-0.15, -0.1) is 0 Å². The summed E-state index contributed by atoms with van der Waals surface area (Å²) >= 11 is 0. The second-order valence-corrected chi connectivity index (χ2v) is 11.5. The lowest BCUT2D eigenvalue weighted by molar-refractivity contribution is 0.527. The van der Waals surface area contributed by atoms with Gasteiger partial charge in [0.25, 0.3) is 5.56 Å². The molecule has 13 heteroatoms. The average molecular weight is 582 g/mol. The highest BCUT2D eigenvalue weighted by atomic mass is 32.2. The van der Waals surface area contributed by atoms with E-state index in [0.29, 0.717) is 39.2 Å². The third-order valence-corrected chi connectivity index (χ3v) is 7.96. The predicted molar refractivity (Wildman–Crippen MR) is 162 cm³/mol. The van der Waals surface area contributed by atoms with Crippen molar-refractivity contribution in [2.45, 2.75) is 13.0 Å². The summed E-state index contributed by atoms with van der Waals surface area (Å²) in [5.74, 6) is 0.594. The minimum absolute atomic E-state index is 0.00429. The Morgan fingerprint density at radius 2 is 1.76 bits per heavy atom. The van der Waals surface area contributed by atoms with Gasteiger partial charge in [0.1, 0.15) is 23.3 Å². The van der Waals surface area contributed by atoms with Crippen LogP contribution in [0.3, 0.4) is 0 Å². The quantitative estimate of drug-likeness (QED) is 0.247. The Labute approximate surface area is 242 Å². The SMILES string of the molecule is CC(Nc1nc(N)ncc1C#N)c1nc2cccc(-c3cccc(NS(=O)(=O)N(C)C)c3)c2c(=O)n1-c1ccccc1. The normalized spacial score (nSPS) is 12.2. The Hall–Kier alpha value is -5.32. The third-order valence-electron chi connectivity index (χ3n) is 6.51. The minimum atomic E-state index is -3.73. The summed E-state index contributed by atoms with van der Waals surface area (Å²) in [7, 11) is -0.864. The zero-order valence-electron chi connectivity index (χ0n) is 23.0. The fourth-order valence-electron chi connectivity index (χ4n) is 4.45. The Morgan fingerprint density at radius 3 is 2.48 bits per heavy atom. The van der Waals surface area contributed by atoms with Crippen molar-refractivity contribution in [3.63, 3.8) is 0 Å². The number of rotatable bonds is 8. The zero-order valence-corrected chi connectivity index (χ0v) is 23.8. The van der Waals surface area contributed by atoms with Crippen LogP contribution in [0.5, 0.6) is 0 Å². The van der Waals surface area contributed by atoms with E-state index in [1.807, 2.05) is 24.3 Å². The van der Waals surface area contributed by atoms with Gasteiger partial charge in [0, 0.05) is 14.1 Å². The van der Waals surface area contributed by atoms with Gasteiger partial charge in [-0.2, -0.15) is 23.0 Å². The van der Waals surface area contributed by atoms with E-state index in [9.17, 15) is 18.5 Å². The van der Waals surface area contributed by atoms with Crippen LogP contribution in [0.25, 0.3) is 27.7 Å². The lowest BCUT2D eigenvalue weighted by Crippen LogP contribution is -2.29. The highest BCUT2D eigenvalue weighted by molar-refractivity contribution is 7.90. The number of nitrogen functional groups attached to an aromatic ring is 1. The summed E-state index contributed by atoms with van der Waals surface area (Å²) in [6.07, 6.45) is 1.33. The van der Waals surface area contributed by atoms with Gasteiger partial charge in [-0.1, -0.05) is 42.5 Å². The molecule has 0 amide bonds. The molecule has 3 aromatic carbocycles. The standard InChI is InChI=1S/C29H27N9O3S/c1-18(33-26-20(16-30)17-32-29(31)35-26)27-34-24-14-8-13-23(25(24)28(39)38(27)22-11-5-4-6-12-22)19-9-7-10-21(15-19)36-42(40,41)37(2)3/h4-15,17-18,36H,1-3H3,(H3,31,32,33,35). The number of benzene rings is 3. The van der Waals surface area contributed by atoms with E-state index >= 15 is 0 Å². The monoisotopic (exact) mass is 581 g/mol. The van der Waals surface area contributed by atoms with E-state index in [4.69, 9.17) is 10.7 Å². The number of hydrogen-bond acceptors (Lipinski definition) is 9. The van der Waals surface area contributed by atoms with Crippen molar-refractivity contribution in [2.75, 3.05) is 29.9 Å². The molecule has 5 rings (SSSR count). The maximum Gasteiger partial charge on any atom is 0.301 e. The second kappa shape index (κ2) is 11.3. The van der Waals surface area contributed by atoms with Gasteiger partial charge >= 0.3 is 10.2 Å². The molecule has 0 aliphatic rings. The molecule has 0 fully saturated rings. The fourth-order valence-corrected chi connectivity index (χ4v) is 5.06. The molecular formula is C29H27N9O3S. The van der Waals surface area contributed by atoms with E-state index in [0.717, 1.165) is 4.31 Å². The molecule has 42 heavy (non-hydrogen) atoms. The summed E-state index contributed by atoms with van der Waals surface area (Å²) < 4.78 is 30.0. The van der Waals surface area contributed by atoms with Gasteiger partial charge in [-0.25, -0.2) is 9.97 Å². The van der Waals surface area contributed by atoms with Crippen molar-refractivity contribution in [1.82, 2.24) is 23.8 Å². The first-order valence-corrected chi connectivity index (χ1v) is 14.2. The summed E-state index contributed by atoms with van der Waals surface area (Å²) in [6.45, 7) is 1.80. The second-order valence-electron chi connectivity index (χ2n) is 9.58. The van der Waals surface area contributed by atoms with Crippen molar-refractivity contribution < 1.29 is 8.42 Å². The molecular weight excluding hydrogens is 554 g/mol. The third kappa shape index (κ3) is 5.49. The molecule has 4 N–H and O–H groups in total. The molecule has 212 valence electrons. The number of nitriles is 1. The molecule has 0 bridgehead atoms. The summed E-state index contributed by atoms with van der Waals surface area (Å²) in [6, 6.07) is 22.7. The van der Waals surface area contributed by atoms with E-state index in [2.05, 4.69) is 20.0 Å². The van der Waals surface area contributed by atoms with Crippen LogP contribution < -0.4 is 21.3 Å². The number of anilines is 3. The van der Waals surface area contributed by atoms with Crippen LogP contribution >= 0.6 is 0 Å². The van der Waals surface area contributed by atoms with Crippen molar-refractivity contribution in [3.05, 3.63) is 101 Å². The molecule has 0 aliphatic carbocycles. The van der Waals surface area contributed by atoms with Gasteiger partial charge in [0.2, 0.25) is 5.95 Å². The average Bonchev–Trinajstić information content (AvgIpc) is 2.97. The fraction of sp³-hybridized carbons (Fsp3) is 0.138. The van der Waals surface area contributed by atoms with Crippen LogP contribution in [0, 0.1) is 11.3 Å². The number of aromatic nitrogens is 4. The minimum Gasteiger partial charge on any atom is -0.368 e. The Morgan fingerprint density at radius 1 is 1.02 bits per heavy atom. The van der Waals surface area contributed by atoms with Crippen molar-refractivity contribution in [2.24, 2.45) is 0 Å². The van der Waals surface area contributed by atoms with E-state index in [1.54, 1.807) is 61.5 Å². The first-order chi connectivity index (χ1) is 20.1. The molecule has 1 unspecified atom stereocenters. The van der Waals surface area contributed by atoms with E-state index in [1.165, 1.54) is 24.9 Å². The first kappa shape index (κ1) is 28.2. The van der Waals surface area contributed by atoms with Crippen molar-refractivity contribution in [1.29, 1.82) is 5.26 Å². The molecule has 1 atom stereocenters. The van der Waals surface area contributed by atoms with E-state index in [-0.39, 0.29) is 22.9 Å². The topological polar surface area (TPSA) is 172 Å². The smallest absolute Gasteiger partial charge is 0.301 e. The number of nitrogens with zero attached hydrogens (tertiary/aromatic N) is 6. The van der Waals surface area contributed by atoms with Crippen LogP contribution in [0.2, 0.25) is 0 Å². The molecule has 0 spiro atoms. The largest absolute Gasteiger partial charge is 0.368 e. The van der Waals surface area contributed by atoms with E-state index < -0.39 is 16.3 Å². The number of nitrogens with one attached hydrogen (secondary N) is 2. The molecule has 0 aliphatic heterocycles. The maximum absolute atomic E-state index is 14.4. The number of nitrogens with two attached hydrogens (primary N) is 1. The molecule has 2 heterocycles. The molecule has 0 saturated carbocycles. The molecule has 5 aromatic rings. The van der Waals surface area contributed by atoms with Crippen LogP contribution in [0.4, 0.5) is 17.5 Å². The lowest BCUT2D eigenvalue weighted by Gasteiger charge is -2.21. The van der Waals surface area contributed by atoms with Crippen LogP contribution in [0.1, 0.15) is 24.4 Å². The molecule has 12 nitrogen and oxygen atoms in total. The van der Waals surface area contributed by atoms with Crippen LogP contribution in [0.15, 0.2) is 83.8 Å². The van der Waals surface area contributed by atoms with Crippen LogP contribution in [-0.2, 0) is 10.2 Å². The lowest BCUT2D eigenvalue weighted by atomic mass is 10.0. The van der Waals surface area contributed by atoms with Gasteiger partial charge < -0.3 is 11.1 Å². The highest BCUT2D eigenvalue weighted by Crippen LogP contribution is 2.30. The van der Waals surface area contributed by atoms with Gasteiger partial charge in [0.05, 0.1) is 34.5 Å². The zero-order chi connectivity index (χ0) is 30.0. The summed E-state index contributed by atoms with van der Waals surface area (Å²) in [4.78, 5) is 27.3. The highest BCUT2D eigenvalue weighted by Gasteiger charge is 2.22. The molecule has 2 aromatic heterocycles. The van der Waals surface area contributed by atoms with Crippen molar-refractivity contribution >= 4 is 38.6 Å². The number of fused-ring (bicyclic) bond motifs is 1. The molecule has 0 radical (unpaired) electrons. The van der Waals surface area contributed by atoms with Gasteiger partial charge in [-0.3, -0.25) is 14.1 Å². The maximum atomic E-state index is 14.4.